The number of aryl methyl sites for hydroxylation is 1. The van der Waals surface area contributed by atoms with Crippen LogP contribution in [0.1, 0.15) is 29.9 Å². The number of nitrogens with one attached hydrogen (secondary N) is 1. The van der Waals surface area contributed by atoms with Crippen LogP contribution in [0.2, 0.25) is 0 Å². The van der Waals surface area contributed by atoms with E-state index in [4.69, 9.17) is 0 Å². The van der Waals surface area contributed by atoms with E-state index in [2.05, 4.69) is 53.8 Å². The van der Waals surface area contributed by atoms with Crippen molar-refractivity contribution in [2.75, 3.05) is 12.4 Å². The minimum atomic E-state index is -0.720. The van der Waals surface area contributed by atoms with Crippen molar-refractivity contribution < 1.29 is 9.90 Å². The van der Waals surface area contributed by atoms with Gasteiger partial charge in [-0.15, -0.1) is 0 Å². The van der Waals surface area contributed by atoms with Gasteiger partial charge in [0.2, 0.25) is 0 Å². The molecule has 0 spiro atoms. The van der Waals surface area contributed by atoms with Gasteiger partial charge in [0.25, 0.3) is 0 Å². The highest BCUT2D eigenvalue weighted by molar-refractivity contribution is 5.90. The number of carboxylic acids is 1. The summed E-state index contributed by atoms with van der Waals surface area (Å²) in [5.74, 6) is -0.597. The number of rotatable bonds is 4. The van der Waals surface area contributed by atoms with Crippen molar-refractivity contribution >= 4 is 22.4 Å². The van der Waals surface area contributed by atoms with Crippen molar-refractivity contribution in [1.82, 2.24) is 0 Å². The lowest BCUT2D eigenvalue weighted by Gasteiger charge is -2.16. The molecule has 0 saturated carbocycles. The van der Waals surface area contributed by atoms with E-state index in [0.717, 1.165) is 29.7 Å². The molecule has 25 heavy (non-hydrogen) atoms. The van der Waals surface area contributed by atoms with Crippen LogP contribution >= 0.6 is 0 Å². The van der Waals surface area contributed by atoms with E-state index in [9.17, 15) is 9.90 Å². The van der Waals surface area contributed by atoms with Gasteiger partial charge in [0, 0.05) is 18.3 Å². The van der Waals surface area contributed by atoms with Crippen molar-refractivity contribution in [2.24, 2.45) is 0 Å². The van der Waals surface area contributed by atoms with Crippen LogP contribution in [0.5, 0.6) is 0 Å². The molecule has 1 aliphatic carbocycles. The van der Waals surface area contributed by atoms with Gasteiger partial charge in [-0.05, 0) is 64.4 Å². The zero-order valence-electron chi connectivity index (χ0n) is 14.3. The van der Waals surface area contributed by atoms with E-state index in [-0.39, 0.29) is 12.3 Å². The molecule has 0 saturated heterocycles. The smallest absolute Gasteiger partial charge is 0.303 e. The maximum atomic E-state index is 11.2. The zero-order valence-corrected chi connectivity index (χ0v) is 14.3. The summed E-state index contributed by atoms with van der Waals surface area (Å²) >= 11 is 0. The van der Waals surface area contributed by atoms with Crippen molar-refractivity contribution in [3.05, 3.63) is 65.7 Å². The molecule has 0 amide bonds. The average Bonchev–Trinajstić information content (AvgIpc) is 3.01. The molecule has 4 rings (SSSR count). The number of hydrogen-bond acceptors (Lipinski definition) is 2. The van der Waals surface area contributed by atoms with Gasteiger partial charge in [-0.1, -0.05) is 36.4 Å². The molecule has 0 fully saturated rings. The molecular formula is C22H21NO2. The van der Waals surface area contributed by atoms with Crippen molar-refractivity contribution in [3.63, 3.8) is 0 Å². The molecule has 1 atom stereocenters. The SMILES string of the molecule is CNc1cc2c(cc1-c1ccc3ccccc3c1)C(CC(=O)O)CC2. The summed E-state index contributed by atoms with van der Waals surface area (Å²) in [5.41, 5.74) is 5.88. The Kier molecular flexibility index (Phi) is 3.92. The predicted molar refractivity (Wildman–Crippen MR) is 102 cm³/mol. The van der Waals surface area contributed by atoms with Crippen LogP contribution in [0.25, 0.3) is 21.9 Å². The van der Waals surface area contributed by atoms with Gasteiger partial charge in [-0.3, -0.25) is 4.79 Å². The fourth-order valence-electron chi connectivity index (χ4n) is 3.97. The van der Waals surface area contributed by atoms with E-state index in [1.165, 1.54) is 21.9 Å². The summed E-state index contributed by atoms with van der Waals surface area (Å²) in [5, 5.41) is 14.9. The molecule has 3 aromatic carbocycles. The lowest BCUT2D eigenvalue weighted by molar-refractivity contribution is -0.137. The van der Waals surface area contributed by atoms with Gasteiger partial charge in [-0.25, -0.2) is 0 Å². The Balaban J connectivity index is 1.84. The molecule has 0 radical (unpaired) electrons. The molecule has 1 aliphatic rings. The molecular weight excluding hydrogens is 310 g/mol. The van der Waals surface area contributed by atoms with Crippen LogP contribution in [-0.2, 0) is 11.2 Å². The number of carboxylic acid groups (broad SMARTS) is 1. The number of carbonyl (C=O) groups is 1. The Hall–Kier alpha value is -2.81. The predicted octanol–water partition coefficient (Wildman–Crippen LogP) is 5.05. The second-order valence-corrected chi connectivity index (χ2v) is 6.74. The molecule has 3 heteroatoms. The first-order chi connectivity index (χ1) is 12.2. The van der Waals surface area contributed by atoms with Gasteiger partial charge in [0.15, 0.2) is 0 Å². The second kappa shape index (κ2) is 6.25. The van der Waals surface area contributed by atoms with Gasteiger partial charge in [0.1, 0.15) is 0 Å². The summed E-state index contributed by atoms with van der Waals surface area (Å²) in [6.07, 6.45) is 2.09. The standard InChI is InChI=1S/C22H21NO2/c1-23-21-11-17-8-9-18(12-22(24)25)19(17)13-20(21)16-7-6-14-4-2-3-5-15(14)10-16/h2-7,10-11,13,18,23H,8-9,12H2,1H3,(H,24,25). The third-order valence-electron chi connectivity index (χ3n) is 5.23. The van der Waals surface area contributed by atoms with E-state index < -0.39 is 5.97 Å². The molecule has 0 aliphatic heterocycles. The van der Waals surface area contributed by atoms with E-state index in [0.29, 0.717) is 0 Å². The van der Waals surface area contributed by atoms with Crippen LogP contribution < -0.4 is 5.32 Å². The lowest BCUT2D eigenvalue weighted by Crippen LogP contribution is -2.04. The van der Waals surface area contributed by atoms with Crippen molar-refractivity contribution in [2.45, 2.75) is 25.2 Å². The Morgan fingerprint density at radius 3 is 2.68 bits per heavy atom. The largest absolute Gasteiger partial charge is 0.481 e. The fourth-order valence-corrected chi connectivity index (χ4v) is 3.97. The first-order valence-electron chi connectivity index (χ1n) is 8.71. The monoisotopic (exact) mass is 331 g/mol. The number of anilines is 1. The third-order valence-corrected chi connectivity index (χ3v) is 5.23. The summed E-state index contributed by atoms with van der Waals surface area (Å²) < 4.78 is 0. The summed E-state index contributed by atoms with van der Waals surface area (Å²) in [6.45, 7) is 0. The first kappa shape index (κ1) is 15.7. The van der Waals surface area contributed by atoms with Crippen LogP contribution in [-0.4, -0.2) is 18.1 Å². The van der Waals surface area contributed by atoms with Gasteiger partial charge >= 0.3 is 5.97 Å². The van der Waals surface area contributed by atoms with E-state index >= 15 is 0 Å². The van der Waals surface area contributed by atoms with E-state index in [1.807, 2.05) is 13.1 Å². The minimum absolute atomic E-state index is 0.123. The van der Waals surface area contributed by atoms with Crippen LogP contribution in [0.4, 0.5) is 5.69 Å². The highest BCUT2D eigenvalue weighted by atomic mass is 16.4. The molecule has 3 nitrogen and oxygen atoms in total. The number of fused-ring (bicyclic) bond motifs is 2. The second-order valence-electron chi connectivity index (χ2n) is 6.74. The molecule has 0 aromatic heterocycles. The Morgan fingerprint density at radius 1 is 1.12 bits per heavy atom. The van der Waals surface area contributed by atoms with Crippen molar-refractivity contribution in [3.8, 4) is 11.1 Å². The summed E-state index contributed by atoms with van der Waals surface area (Å²) in [7, 11) is 1.94. The van der Waals surface area contributed by atoms with E-state index in [1.54, 1.807) is 0 Å². The first-order valence-corrected chi connectivity index (χ1v) is 8.71. The normalized spacial score (nSPS) is 16.0. The Bertz CT molecular complexity index is 961. The topological polar surface area (TPSA) is 49.3 Å². The Labute approximate surface area is 147 Å². The third kappa shape index (κ3) is 2.86. The molecule has 1 unspecified atom stereocenters. The van der Waals surface area contributed by atoms with Crippen LogP contribution in [0.3, 0.4) is 0 Å². The van der Waals surface area contributed by atoms with Crippen LogP contribution in [0, 0.1) is 0 Å². The van der Waals surface area contributed by atoms with Crippen molar-refractivity contribution in [1.29, 1.82) is 0 Å². The van der Waals surface area contributed by atoms with Gasteiger partial charge in [-0.2, -0.15) is 0 Å². The van der Waals surface area contributed by atoms with Gasteiger partial charge in [0.05, 0.1) is 6.42 Å². The maximum Gasteiger partial charge on any atom is 0.303 e. The number of hydrogen-bond donors (Lipinski definition) is 2. The summed E-state index contributed by atoms with van der Waals surface area (Å²) in [6, 6.07) is 19.2. The molecule has 2 N–H and O–H groups in total. The quantitative estimate of drug-likeness (QED) is 0.703. The Morgan fingerprint density at radius 2 is 1.92 bits per heavy atom. The average molecular weight is 331 g/mol. The lowest BCUT2D eigenvalue weighted by atomic mass is 9.92. The molecule has 3 aromatic rings. The molecule has 0 bridgehead atoms. The molecule has 126 valence electrons. The minimum Gasteiger partial charge on any atom is -0.481 e. The van der Waals surface area contributed by atoms with Crippen LogP contribution in [0.15, 0.2) is 54.6 Å². The zero-order chi connectivity index (χ0) is 17.4. The highest BCUT2D eigenvalue weighted by Crippen LogP contribution is 2.41. The number of aliphatic carboxylic acids is 1. The maximum absolute atomic E-state index is 11.2. The molecule has 0 heterocycles. The number of benzene rings is 3. The summed E-state index contributed by atoms with van der Waals surface area (Å²) in [4.78, 5) is 11.2. The fraction of sp³-hybridized carbons (Fsp3) is 0.227. The highest BCUT2D eigenvalue weighted by Gasteiger charge is 2.26. The van der Waals surface area contributed by atoms with Gasteiger partial charge < -0.3 is 10.4 Å².